The lowest BCUT2D eigenvalue weighted by Gasteiger charge is -2.10. The number of hydrogen-bond acceptors (Lipinski definition) is 3. The van der Waals surface area contributed by atoms with Crippen molar-refractivity contribution < 1.29 is 22.3 Å². The van der Waals surface area contributed by atoms with Crippen LogP contribution in [-0.4, -0.2) is 23.7 Å². The van der Waals surface area contributed by atoms with Gasteiger partial charge in [0.1, 0.15) is 5.82 Å². The van der Waals surface area contributed by atoms with E-state index in [0.717, 1.165) is 47.1 Å². The monoisotopic (exact) mass is 468 g/mol. The fourth-order valence-electron chi connectivity index (χ4n) is 3.86. The highest BCUT2D eigenvalue weighted by atomic mass is 19.4. The van der Waals surface area contributed by atoms with Gasteiger partial charge in [0.15, 0.2) is 5.82 Å². The Bertz CT molecular complexity index is 1250. The fraction of sp³-hybridized carbons (Fsp3) is 0.259. The molecule has 0 fully saturated rings. The predicted molar refractivity (Wildman–Crippen MR) is 124 cm³/mol. The van der Waals surface area contributed by atoms with Crippen molar-refractivity contribution in [3.05, 3.63) is 95.1 Å². The molecule has 4 rings (SSSR count). The number of alkyl halides is 3. The molecule has 3 aromatic carbocycles. The third kappa shape index (κ3) is 5.59. The normalized spacial score (nSPS) is 11.8. The van der Waals surface area contributed by atoms with Crippen molar-refractivity contribution in [3.8, 4) is 11.4 Å². The smallest absolute Gasteiger partial charge is 0.385 e. The summed E-state index contributed by atoms with van der Waals surface area (Å²) in [6, 6.07) is 14.0. The Labute approximate surface area is 195 Å². The van der Waals surface area contributed by atoms with Crippen molar-refractivity contribution in [3.63, 3.8) is 0 Å². The number of ether oxygens (including phenoxy) is 1. The summed E-state index contributed by atoms with van der Waals surface area (Å²) in [7, 11) is 1.67. The number of rotatable bonds is 8. The van der Waals surface area contributed by atoms with Crippen LogP contribution in [0.25, 0.3) is 22.2 Å². The Morgan fingerprint density at radius 2 is 1.56 bits per heavy atom. The molecule has 4 aromatic rings. The average molecular weight is 468 g/mol. The van der Waals surface area contributed by atoms with E-state index in [1.54, 1.807) is 37.7 Å². The van der Waals surface area contributed by atoms with E-state index in [2.05, 4.69) is 9.97 Å². The van der Waals surface area contributed by atoms with Crippen LogP contribution < -0.4 is 0 Å². The molecule has 0 saturated carbocycles. The van der Waals surface area contributed by atoms with Gasteiger partial charge in [-0.05, 0) is 66.0 Å². The zero-order chi connectivity index (χ0) is 24.1. The van der Waals surface area contributed by atoms with Crippen molar-refractivity contribution in [1.29, 1.82) is 0 Å². The molecule has 0 saturated heterocycles. The molecule has 3 nitrogen and oxygen atoms in total. The van der Waals surface area contributed by atoms with Crippen LogP contribution in [0.5, 0.6) is 0 Å². The van der Waals surface area contributed by atoms with E-state index < -0.39 is 11.7 Å². The molecule has 0 amide bonds. The SMILES string of the molecule is COCCCc1cnc(-c2ccc3c(F)c(CCc4ccc(C(F)(F)F)cc4)ccc3c2)nc1. The minimum atomic E-state index is -4.36. The number of nitrogens with zero attached hydrogens (tertiary/aromatic N) is 2. The van der Waals surface area contributed by atoms with E-state index in [9.17, 15) is 13.2 Å². The van der Waals surface area contributed by atoms with Gasteiger partial charge in [-0.2, -0.15) is 13.2 Å². The van der Waals surface area contributed by atoms with Crippen LogP contribution in [0, 0.1) is 5.82 Å². The maximum atomic E-state index is 15.1. The van der Waals surface area contributed by atoms with Gasteiger partial charge in [0.25, 0.3) is 0 Å². The summed E-state index contributed by atoms with van der Waals surface area (Å²) in [5.41, 5.74) is 2.40. The predicted octanol–water partition coefficient (Wildman–Crippen LogP) is 6.82. The van der Waals surface area contributed by atoms with Crippen LogP contribution in [0.2, 0.25) is 0 Å². The van der Waals surface area contributed by atoms with E-state index in [1.165, 1.54) is 12.1 Å². The van der Waals surface area contributed by atoms with Crippen molar-refractivity contribution >= 4 is 10.8 Å². The average Bonchev–Trinajstić information content (AvgIpc) is 2.84. The minimum absolute atomic E-state index is 0.314. The first-order chi connectivity index (χ1) is 16.3. The Balaban J connectivity index is 1.47. The van der Waals surface area contributed by atoms with Crippen LogP contribution >= 0.6 is 0 Å². The van der Waals surface area contributed by atoms with Crippen LogP contribution in [0.15, 0.2) is 67.0 Å². The number of halogens is 4. The molecule has 0 aliphatic rings. The van der Waals surface area contributed by atoms with Gasteiger partial charge in [0.2, 0.25) is 0 Å². The third-order valence-electron chi connectivity index (χ3n) is 5.78. The maximum Gasteiger partial charge on any atom is 0.416 e. The maximum absolute atomic E-state index is 15.1. The fourth-order valence-corrected chi connectivity index (χ4v) is 3.86. The summed E-state index contributed by atoms with van der Waals surface area (Å²) >= 11 is 0. The van der Waals surface area contributed by atoms with Crippen molar-refractivity contribution in [2.24, 2.45) is 0 Å². The van der Waals surface area contributed by atoms with E-state index in [-0.39, 0.29) is 5.82 Å². The summed E-state index contributed by atoms with van der Waals surface area (Å²) in [6.45, 7) is 0.685. The molecule has 1 aromatic heterocycles. The molecule has 0 aliphatic heterocycles. The molecule has 0 unspecified atom stereocenters. The van der Waals surface area contributed by atoms with Crippen LogP contribution in [-0.2, 0) is 30.2 Å². The number of benzene rings is 3. The zero-order valence-electron chi connectivity index (χ0n) is 18.7. The number of fused-ring (bicyclic) bond motifs is 1. The Morgan fingerprint density at radius 1 is 0.824 bits per heavy atom. The molecule has 0 bridgehead atoms. The molecule has 0 atom stereocenters. The minimum Gasteiger partial charge on any atom is -0.385 e. The molecule has 1 heterocycles. The van der Waals surface area contributed by atoms with Gasteiger partial charge >= 0.3 is 6.18 Å². The van der Waals surface area contributed by atoms with Crippen LogP contribution in [0.4, 0.5) is 17.6 Å². The largest absolute Gasteiger partial charge is 0.416 e. The van der Waals surface area contributed by atoms with Gasteiger partial charge in [-0.1, -0.05) is 36.4 Å². The summed E-state index contributed by atoms with van der Waals surface area (Å²) in [5, 5.41) is 1.23. The summed E-state index contributed by atoms with van der Waals surface area (Å²) < 4.78 is 58.4. The number of aryl methyl sites for hydroxylation is 3. The molecule has 7 heteroatoms. The molecular weight excluding hydrogens is 444 g/mol. The molecule has 0 radical (unpaired) electrons. The molecule has 0 aliphatic carbocycles. The highest BCUT2D eigenvalue weighted by Gasteiger charge is 2.29. The summed E-state index contributed by atoms with van der Waals surface area (Å²) in [5.74, 6) is 0.259. The third-order valence-corrected chi connectivity index (χ3v) is 5.78. The van der Waals surface area contributed by atoms with Gasteiger partial charge in [0.05, 0.1) is 5.56 Å². The van der Waals surface area contributed by atoms with E-state index in [1.807, 2.05) is 12.1 Å². The molecule has 0 spiro atoms. The van der Waals surface area contributed by atoms with E-state index in [0.29, 0.717) is 36.2 Å². The van der Waals surface area contributed by atoms with Gasteiger partial charge in [0, 0.05) is 37.1 Å². The number of aromatic nitrogens is 2. The second kappa shape index (κ2) is 10.3. The summed E-state index contributed by atoms with van der Waals surface area (Å²) in [4.78, 5) is 8.89. The van der Waals surface area contributed by atoms with E-state index in [4.69, 9.17) is 4.74 Å². The molecule has 34 heavy (non-hydrogen) atoms. The van der Waals surface area contributed by atoms with Gasteiger partial charge < -0.3 is 4.74 Å². The van der Waals surface area contributed by atoms with Crippen molar-refractivity contribution in [1.82, 2.24) is 9.97 Å². The molecule has 176 valence electrons. The first-order valence-electron chi connectivity index (χ1n) is 11.0. The van der Waals surface area contributed by atoms with Gasteiger partial charge in [-0.3, -0.25) is 0 Å². The highest BCUT2D eigenvalue weighted by molar-refractivity contribution is 5.87. The second-order valence-electron chi connectivity index (χ2n) is 8.18. The van der Waals surface area contributed by atoms with Crippen LogP contribution in [0.1, 0.15) is 28.7 Å². The van der Waals surface area contributed by atoms with Crippen molar-refractivity contribution in [2.75, 3.05) is 13.7 Å². The Kier molecular flexibility index (Phi) is 7.22. The molecule has 0 N–H and O–H groups in total. The van der Waals surface area contributed by atoms with Gasteiger partial charge in [-0.15, -0.1) is 0 Å². The standard InChI is InChI=1S/C27H24F4N2O/c1-34-14-2-3-19-16-32-26(33-17-19)22-10-13-24-21(15-22)9-8-20(25(24)28)7-4-18-5-11-23(12-6-18)27(29,30)31/h5-6,8-13,15-17H,2-4,7,14H2,1H3. The van der Waals surface area contributed by atoms with Crippen LogP contribution in [0.3, 0.4) is 0 Å². The zero-order valence-corrected chi connectivity index (χ0v) is 18.7. The quantitative estimate of drug-likeness (QED) is 0.210. The lowest BCUT2D eigenvalue weighted by molar-refractivity contribution is -0.137. The molecular formula is C27H24F4N2O. The Hall–Kier alpha value is -3.32. The lowest BCUT2D eigenvalue weighted by Crippen LogP contribution is -2.04. The van der Waals surface area contributed by atoms with Crippen molar-refractivity contribution in [2.45, 2.75) is 31.9 Å². The lowest BCUT2D eigenvalue weighted by atomic mass is 9.98. The highest BCUT2D eigenvalue weighted by Crippen LogP contribution is 2.30. The summed E-state index contributed by atoms with van der Waals surface area (Å²) in [6.07, 6.45) is 1.81. The first-order valence-corrected chi connectivity index (χ1v) is 11.0. The Morgan fingerprint density at radius 3 is 2.24 bits per heavy atom. The second-order valence-corrected chi connectivity index (χ2v) is 8.18. The number of hydrogen-bond donors (Lipinski definition) is 0. The van der Waals surface area contributed by atoms with E-state index >= 15 is 4.39 Å². The first kappa shape index (κ1) is 23.8. The number of methoxy groups -OCH3 is 1. The topological polar surface area (TPSA) is 35.0 Å². The van der Waals surface area contributed by atoms with Gasteiger partial charge in [-0.25, -0.2) is 14.4 Å².